The molecule has 0 aliphatic carbocycles. The summed E-state index contributed by atoms with van der Waals surface area (Å²) in [6, 6.07) is 8.43. The van der Waals surface area contributed by atoms with Gasteiger partial charge in [0.15, 0.2) is 0 Å². The standard InChI is InChI=1S/C14H20N2/c1-4-10-16-13-9-7-6-8-12(13)15-14(16)11(3)5-2/h6-9,11H,4-5,10H2,1-3H3/t11-/m1/s1. The highest BCUT2D eigenvalue weighted by Crippen LogP contribution is 2.24. The van der Waals surface area contributed by atoms with Crippen LogP contribution in [0.4, 0.5) is 0 Å². The van der Waals surface area contributed by atoms with E-state index < -0.39 is 0 Å². The fourth-order valence-electron chi connectivity index (χ4n) is 2.11. The van der Waals surface area contributed by atoms with Crippen molar-refractivity contribution in [2.75, 3.05) is 0 Å². The number of aromatic nitrogens is 2. The fraction of sp³-hybridized carbons (Fsp3) is 0.500. The van der Waals surface area contributed by atoms with Crippen molar-refractivity contribution in [1.29, 1.82) is 0 Å². The molecule has 16 heavy (non-hydrogen) atoms. The normalized spacial score (nSPS) is 13.2. The molecule has 0 aliphatic rings. The SMILES string of the molecule is CCCn1c([C@H](C)CC)nc2ccccc21. The topological polar surface area (TPSA) is 17.8 Å². The minimum atomic E-state index is 0.541. The largest absolute Gasteiger partial charge is 0.328 e. The van der Waals surface area contributed by atoms with Crippen LogP contribution in [-0.2, 0) is 6.54 Å². The Balaban J connectivity index is 2.58. The molecule has 1 heterocycles. The van der Waals surface area contributed by atoms with Crippen molar-refractivity contribution < 1.29 is 0 Å². The molecule has 2 nitrogen and oxygen atoms in total. The van der Waals surface area contributed by atoms with E-state index in [0.717, 1.165) is 24.9 Å². The van der Waals surface area contributed by atoms with Gasteiger partial charge in [-0.3, -0.25) is 0 Å². The number of hydrogen-bond acceptors (Lipinski definition) is 1. The average molecular weight is 216 g/mol. The van der Waals surface area contributed by atoms with Gasteiger partial charge in [-0.25, -0.2) is 4.98 Å². The minimum absolute atomic E-state index is 0.541. The highest BCUT2D eigenvalue weighted by Gasteiger charge is 2.14. The van der Waals surface area contributed by atoms with E-state index in [9.17, 15) is 0 Å². The van der Waals surface area contributed by atoms with E-state index in [-0.39, 0.29) is 0 Å². The number of fused-ring (bicyclic) bond motifs is 1. The van der Waals surface area contributed by atoms with Crippen LogP contribution >= 0.6 is 0 Å². The summed E-state index contributed by atoms with van der Waals surface area (Å²) < 4.78 is 2.38. The number of hydrogen-bond donors (Lipinski definition) is 0. The van der Waals surface area contributed by atoms with Gasteiger partial charge in [-0.2, -0.15) is 0 Å². The van der Waals surface area contributed by atoms with Crippen LogP contribution in [-0.4, -0.2) is 9.55 Å². The van der Waals surface area contributed by atoms with Crippen molar-refractivity contribution in [2.45, 2.75) is 46.1 Å². The molecule has 0 N–H and O–H groups in total. The molecule has 0 aliphatic heterocycles. The van der Waals surface area contributed by atoms with Gasteiger partial charge in [0, 0.05) is 12.5 Å². The Morgan fingerprint density at radius 2 is 2.00 bits per heavy atom. The van der Waals surface area contributed by atoms with Gasteiger partial charge in [0.2, 0.25) is 0 Å². The lowest BCUT2D eigenvalue weighted by molar-refractivity contribution is 0.591. The Labute approximate surface area is 97.3 Å². The van der Waals surface area contributed by atoms with Gasteiger partial charge in [-0.05, 0) is 25.0 Å². The van der Waals surface area contributed by atoms with Crippen molar-refractivity contribution >= 4 is 11.0 Å². The zero-order valence-electron chi connectivity index (χ0n) is 10.4. The maximum absolute atomic E-state index is 4.76. The van der Waals surface area contributed by atoms with Gasteiger partial charge in [0.25, 0.3) is 0 Å². The lowest BCUT2D eigenvalue weighted by Gasteiger charge is -2.12. The van der Waals surface area contributed by atoms with Gasteiger partial charge >= 0.3 is 0 Å². The number of rotatable bonds is 4. The van der Waals surface area contributed by atoms with Crippen LogP contribution < -0.4 is 0 Å². The summed E-state index contributed by atoms with van der Waals surface area (Å²) in [6.07, 6.45) is 2.30. The maximum atomic E-state index is 4.76. The monoisotopic (exact) mass is 216 g/mol. The average Bonchev–Trinajstić information content (AvgIpc) is 2.68. The molecule has 0 saturated heterocycles. The first-order valence-electron chi connectivity index (χ1n) is 6.23. The van der Waals surface area contributed by atoms with Crippen LogP contribution in [0.15, 0.2) is 24.3 Å². The Morgan fingerprint density at radius 1 is 1.25 bits per heavy atom. The smallest absolute Gasteiger partial charge is 0.112 e. The third-order valence-electron chi connectivity index (χ3n) is 3.18. The molecule has 2 heteroatoms. The molecule has 1 atom stereocenters. The summed E-state index contributed by atoms with van der Waals surface area (Å²) in [4.78, 5) is 4.76. The molecular weight excluding hydrogens is 196 g/mol. The summed E-state index contributed by atoms with van der Waals surface area (Å²) in [5.74, 6) is 1.78. The second-order valence-corrected chi connectivity index (χ2v) is 4.42. The zero-order valence-corrected chi connectivity index (χ0v) is 10.4. The van der Waals surface area contributed by atoms with E-state index in [1.54, 1.807) is 0 Å². The molecule has 2 rings (SSSR count). The van der Waals surface area contributed by atoms with Crippen LogP contribution in [0.25, 0.3) is 11.0 Å². The number of imidazole rings is 1. The summed E-state index contributed by atoms with van der Waals surface area (Å²) in [5, 5.41) is 0. The van der Waals surface area contributed by atoms with E-state index in [1.807, 2.05) is 0 Å². The Bertz CT molecular complexity index is 471. The van der Waals surface area contributed by atoms with Crippen molar-refractivity contribution in [1.82, 2.24) is 9.55 Å². The molecule has 0 fully saturated rings. The van der Waals surface area contributed by atoms with E-state index in [4.69, 9.17) is 4.98 Å². The van der Waals surface area contributed by atoms with Gasteiger partial charge in [-0.15, -0.1) is 0 Å². The van der Waals surface area contributed by atoms with Crippen LogP contribution in [0.1, 0.15) is 45.4 Å². The van der Waals surface area contributed by atoms with Crippen molar-refractivity contribution in [3.63, 3.8) is 0 Å². The number of nitrogens with zero attached hydrogens (tertiary/aromatic N) is 2. The molecular formula is C14H20N2. The predicted octanol–water partition coefficient (Wildman–Crippen LogP) is 3.96. The Kier molecular flexibility index (Phi) is 3.28. The molecule has 0 bridgehead atoms. The fourth-order valence-corrected chi connectivity index (χ4v) is 2.11. The minimum Gasteiger partial charge on any atom is -0.328 e. The van der Waals surface area contributed by atoms with Crippen molar-refractivity contribution in [3.05, 3.63) is 30.1 Å². The van der Waals surface area contributed by atoms with Crippen LogP contribution in [0.3, 0.4) is 0 Å². The second-order valence-electron chi connectivity index (χ2n) is 4.42. The van der Waals surface area contributed by atoms with Gasteiger partial charge < -0.3 is 4.57 Å². The number of aryl methyl sites for hydroxylation is 1. The van der Waals surface area contributed by atoms with Crippen LogP contribution in [0.5, 0.6) is 0 Å². The molecule has 2 aromatic rings. The van der Waals surface area contributed by atoms with Crippen LogP contribution in [0, 0.1) is 0 Å². The summed E-state index contributed by atoms with van der Waals surface area (Å²) in [6.45, 7) is 7.77. The highest BCUT2D eigenvalue weighted by molar-refractivity contribution is 5.76. The first-order valence-corrected chi connectivity index (χ1v) is 6.23. The molecule has 86 valence electrons. The molecule has 1 aromatic carbocycles. The molecule has 0 amide bonds. The first kappa shape index (κ1) is 11.2. The first-order chi connectivity index (χ1) is 7.77. The van der Waals surface area contributed by atoms with E-state index in [0.29, 0.717) is 5.92 Å². The van der Waals surface area contributed by atoms with E-state index >= 15 is 0 Å². The van der Waals surface area contributed by atoms with Gasteiger partial charge in [-0.1, -0.05) is 32.9 Å². The number of para-hydroxylation sites is 2. The van der Waals surface area contributed by atoms with Crippen molar-refractivity contribution in [2.24, 2.45) is 0 Å². The summed E-state index contributed by atoms with van der Waals surface area (Å²) >= 11 is 0. The predicted molar refractivity (Wildman–Crippen MR) is 68.7 cm³/mol. The molecule has 0 saturated carbocycles. The zero-order chi connectivity index (χ0) is 11.5. The highest BCUT2D eigenvalue weighted by atomic mass is 15.1. The quantitative estimate of drug-likeness (QED) is 0.756. The lowest BCUT2D eigenvalue weighted by Crippen LogP contribution is -2.06. The lowest BCUT2D eigenvalue weighted by atomic mass is 10.1. The Morgan fingerprint density at radius 3 is 2.69 bits per heavy atom. The second kappa shape index (κ2) is 4.69. The van der Waals surface area contributed by atoms with Crippen molar-refractivity contribution in [3.8, 4) is 0 Å². The van der Waals surface area contributed by atoms with E-state index in [2.05, 4.69) is 49.6 Å². The molecule has 0 unspecified atom stereocenters. The number of benzene rings is 1. The van der Waals surface area contributed by atoms with Gasteiger partial charge in [0.05, 0.1) is 11.0 Å². The third-order valence-corrected chi connectivity index (χ3v) is 3.18. The molecule has 0 spiro atoms. The van der Waals surface area contributed by atoms with Gasteiger partial charge in [0.1, 0.15) is 5.82 Å². The molecule has 0 radical (unpaired) electrons. The van der Waals surface area contributed by atoms with E-state index in [1.165, 1.54) is 11.3 Å². The molecule has 1 aromatic heterocycles. The maximum Gasteiger partial charge on any atom is 0.112 e. The third kappa shape index (κ3) is 1.84. The van der Waals surface area contributed by atoms with Crippen LogP contribution in [0.2, 0.25) is 0 Å². The summed E-state index contributed by atoms with van der Waals surface area (Å²) in [7, 11) is 0. The Hall–Kier alpha value is -1.31. The summed E-state index contributed by atoms with van der Waals surface area (Å²) in [5.41, 5.74) is 2.41.